The Labute approximate surface area is 131 Å². The third-order valence-corrected chi connectivity index (χ3v) is 3.53. The molecule has 2 nitrogen and oxygen atoms in total. The largest absolute Gasteiger partial charge is 0.314 e. The van der Waals surface area contributed by atoms with Gasteiger partial charge in [0.05, 0.1) is 0 Å². The van der Waals surface area contributed by atoms with Crippen LogP contribution in [-0.2, 0) is 0 Å². The number of hydrogen-bond acceptors (Lipinski definition) is 2. The molecule has 0 amide bonds. The van der Waals surface area contributed by atoms with E-state index in [4.69, 9.17) is 11.6 Å². The fourth-order valence-electron chi connectivity index (χ4n) is 2.44. The average molecular weight is 330 g/mol. The molecular weight excluding hydrogens is 310 g/mol. The van der Waals surface area contributed by atoms with Gasteiger partial charge in [0.2, 0.25) is 0 Å². The SMILES string of the molecule is CC[C@H](c1cc(Cl)ccc1F)N1CCNCC1.Cl.Cl. The Morgan fingerprint density at radius 2 is 1.95 bits per heavy atom. The molecule has 1 aromatic carbocycles. The summed E-state index contributed by atoms with van der Waals surface area (Å²) in [5.41, 5.74) is 0.724. The molecule has 1 aliphatic rings. The highest BCUT2D eigenvalue weighted by atomic mass is 35.5. The summed E-state index contributed by atoms with van der Waals surface area (Å²) in [5, 5.41) is 3.92. The van der Waals surface area contributed by atoms with Crippen molar-refractivity contribution in [2.45, 2.75) is 19.4 Å². The molecule has 0 unspecified atom stereocenters. The van der Waals surface area contributed by atoms with Gasteiger partial charge in [-0.3, -0.25) is 4.90 Å². The van der Waals surface area contributed by atoms with E-state index < -0.39 is 0 Å². The average Bonchev–Trinajstić information content (AvgIpc) is 2.36. The number of nitrogens with one attached hydrogen (secondary N) is 1. The molecule has 0 aromatic heterocycles. The van der Waals surface area contributed by atoms with Crippen LogP contribution >= 0.6 is 36.4 Å². The summed E-state index contributed by atoms with van der Waals surface area (Å²) in [5.74, 6) is -0.153. The lowest BCUT2D eigenvalue weighted by Gasteiger charge is -2.34. The highest BCUT2D eigenvalue weighted by molar-refractivity contribution is 6.30. The normalized spacial score (nSPS) is 17.2. The minimum Gasteiger partial charge on any atom is -0.314 e. The summed E-state index contributed by atoms with van der Waals surface area (Å²) in [6.45, 7) is 5.96. The van der Waals surface area contributed by atoms with Gasteiger partial charge < -0.3 is 5.32 Å². The zero-order valence-electron chi connectivity index (χ0n) is 10.9. The van der Waals surface area contributed by atoms with Crippen molar-refractivity contribution in [1.29, 1.82) is 0 Å². The second kappa shape index (κ2) is 8.98. The molecule has 19 heavy (non-hydrogen) atoms. The molecule has 0 saturated carbocycles. The Morgan fingerprint density at radius 1 is 1.32 bits per heavy atom. The molecule has 2 rings (SSSR count). The zero-order valence-corrected chi connectivity index (χ0v) is 13.3. The summed E-state index contributed by atoms with van der Waals surface area (Å²) in [6, 6.07) is 4.95. The minimum absolute atomic E-state index is 0. The van der Waals surface area contributed by atoms with Crippen molar-refractivity contribution in [1.82, 2.24) is 10.2 Å². The second-order valence-electron chi connectivity index (χ2n) is 4.38. The summed E-state index contributed by atoms with van der Waals surface area (Å²) in [6.07, 6.45) is 0.900. The molecule has 1 fully saturated rings. The number of halogens is 4. The maximum absolute atomic E-state index is 13.9. The van der Waals surface area contributed by atoms with Gasteiger partial charge in [-0.25, -0.2) is 4.39 Å². The van der Waals surface area contributed by atoms with Crippen LogP contribution in [0, 0.1) is 5.82 Å². The Morgan fingerprint density at radius 3 is 2.53 bits per heavy atom. The van der Waals surface area contributed by atoms with Crippen molar-refractivity contribution in [2.75, 3.05) is 26.2 Å². The van der Waals surface area contributed by atoms with Gasteiger partial charge in [0.1, 0.15) is 5.82 Å². The fraction of sp³-hybridized carbons (Fsp3) is 0.538. The van der Waals surface area contributed by atoms with Crippen molar-refractivity contribution in [3.63, 3.8) is 0 Å². The molecule has 1 aromatic rings. The van der Waals surface area contributed by atoms with Gasteiger partial charge in [0.15, 0.2) is 0 Å². The fourth-order valence-corrected chi connectivity index (χ4v) is 2.62. The highest BCUT2D eigenvalue weighted by Gasteiger charge is 2.23. The van der Waals surface area contributed by atoms with Crippen molar-refractivity contribution < 1.29 is 4.39 Å². The van der Waals surface area contributed by atoms with Gasteiger partial charge in [-0.2, -0.15) is 0 Å². The van der Waals surface area contributed by atoms with Crippen LogP contribution in [0.1, 0.15) is 24.9 Å². The van der Waals surface area contributed by atoms with Crippen LogP contribution in [-0.4, -0.2) is 31.1 Å². The number of piperazine rings is 1. The van der Waals surface area contributed by atoms with Crippen LogP contribution in [0.25, 0.3) is 0 Å². The van der Waals surface area contributed by atoms with Crippen LogP contribution < -0.4 is 5.32 Å². The molecule has 1 saturated heterocycles. The number of rotatable bonds is 3. The molecule has 0 aliphatic carbocycles. The van der Waals surface area contributed by atoms with E-state index in [-0.39, 0.29) is 36.7 Å². The predicted octanol–water partition coefficient (Wildman–Crippen LogP) is 3.68. The lowest BCUT2D eigenvalue weighted by molar-refractivity contribution is 0.166. The highest BCUT2D eigenvalue weighted by Crippen LogP contribution is 2.28. The van der Waals surface area contributed by atoms with Gasteiger partial charge in [-0.15, -0.1) is 24.8 Å². The summed E-state index contributed by atoms with van der Waals surface area (Å²) < 4.78 is 13.9. The lowest BCUT2D eigenvalue weighted by Crippen LogP contribution is -2.45. The summed E-state index contributed by atoms with van der Waals surface area (Å²) in [4.78, 5) is 2.32. The summed E-state index contributed by atoms with van der Waals surface area (Å²) >= 11 is 5.96. The van der Waals surface area contributed by atoms with Crippen LogP contribution in [0.15, 0.2) is 18.2 Å². The first-order chi connectivity index (χ1) is 8.22. The first kappa shape index (κ1) is 18.9. The van der Waals surface area contributed by atoms with Gasteiger partial charge in [-0.1, -0.05) is 18.5 Å². The van der Waals surface area contributed by atoms with E-state index in [2.05, 4.69) is 17.1 Å². The standard InChI is InChI=1S/C13H18ClFN2.2ClH/c1-2-13(17-7-5-16-6-8-17)11-9-10(14)3-4-12(11)15;;/h3-4,9,13,16H,2,5-8H2,1H3;2*1H/t13-;;/m1../s1. The maximum atomic E-state index is 13.9. The molecule has 1 aliphatic heterocycles. The predicted molar refractivity (Wildman–Crippen MR) is 83.4 cm³/mol. The van der Waals surface area contributed by atoms with Crippen LogP contribution in [0.5, 0.6) is 0 Å². The third-order valence-electron chi connectivity index (χ3n) is 3.30. The van der Waals surface area contributed by atoms with E-state index in [0.29, 0.717) is 5.02 Å². The molecule has 110 valence electrons. The summed E-state index contributed by atoms with van der Waals surface area (Å²) in [7, 11) is 0. The maximum Gasteiger partial charge on any atom is 0.128 e. The van der Waals surface area contributed by atoms with Crippen molar-refractivity contribution >= 4 is 36.4 Å². The molecule has 6 heteroatoms. The molecule has 0 radical (unpaired) electrons. The first-order valence-electron chi connectivity index (χ1n) is 6.12. The Kier molecular flexibility index (Phi) is 8.95. The Bertz CT molecular complexity index is 384. The molecule has 0 bridgehead atoms. The van der Waals surface area contributed by atoms with Crippen LogP contribution in [0.4, 0.5) is 4.39 Å². The van der Waals surface area contributed by atoms with E-state index in [9.17, 15) is 4.39 Å². The quantitative estimate of drug-likeness (QED) is 0.910. The first-order valence-corrected chi connectivity index (χ1v) is 6.50. The molecule has 1 atom stereocenters. The van der Waals surface area contributed by atoms with E-state index >= 15 is 0 Å². The lowest BCUT2D eigenvalue weighted by atomic mass is 10.0. The van der Waals surface area contributed by atoms with Crippen LogP contribution in [0.2, 0.25) is 5.02 Å². The van der Waals surface area contributed by atoms with E-state index in [0.717, 1.165) is 38.2 Å². The van der Waals surface area contributed by atoms with E-state index in [1.807, 2.05) is 0 Å². The van der Waals surface area contributed by atoms with Crippen molar-refractivity contribution in [3.8, 4) is 0 Å². The zero-order chi connectivity index (χ0) is 12.3. The minimum atomic E-state index is -0.153. The van der Waals surface area contributed by atoms with Gasteiger partial charge >= 0.3 is 0 Å². The van der Waals surface area contributed by atoms with E-state index in [1.54, 1.807) is 12.1 Å². The molecule has 1 heterocycles. The van der Waals surface area contributed by atoms with Gasteiger partial charge in [0.25, 0.3) is 0 Å². The number of benzene rings is 1. The molecule has 1 N–H and O–H groups in total. The third kappa shape index (κ3) is 4.76. The van der Waals surface area contributed by atoms with Crippen LogP contribution in [0.3, 0.4) is 0 Å². The van der Waals surface area contributed by atoms with Gasteiger partial charge in [-0.05, 0) is 24.6 Å². The number of nitrogens with zero attached hydrogens (tertiary/aromatic N) is 1. The van der Waals surface area contributed by atoms with Gasteiger partial charge in [0, 0.05) is 42.8 Å². The topological polar surface area (TPSA) is 15.3 Å². The molecule has 0 spiro atoms. The monoisotopic (exact) mass is 328 g/mol. The second-order valence-corrected chi connectivity index (χ2v) is 4.81. The Hall–Kier alpha value is -0.0600. The number of hydrogen-bond donors (Lipinski definition) is 1. The molecular formula is C13H20Cl3FN2. The van der Waals surface area contributed by atoms with Crippen molar-refractivity contribution in [3.05, 3.63) is 34.6 Å². The smallest absolute Gasteiger partial charge is 0.128 e. The van der Waals surface area contributed by atoms with E-state index in [1.165, 1.54) is 6.07 Å². The van der Waals surface area contributed by atoms with Crippen molar-refractivity contribution in [2.24, 2.45) is 0 Å². The Balaban J connectivity index is 0.00000162.